The Morgan fingerprint density at radius 3 is 2.17 bits per heavy atom. The average molecular weight is 644 g/mol. The van der Waals surface area contributed by atoms with Gasteiger partial charge in [-0.1, -0.05) is 6.92 Å². The number of nitrogens with one attached hydrogen (secondary N) is 1. The largest absolute Gasteiger partial charge is 0.497 e. The number of rotatable bonds is 10. The van der Waals surface area contributed by atoms with Gasteiger partial charge in [0.25, 0.3) is 5.91 Å². The van der Waals surface area contributed by atoms with Gasteiger partial charge < -0.3 is 29.3 Å². The molecule has 0 spiro atoms. The number of fused-ring (bicyclic) bond motifs is 1. The number of methoxy groups -OCH3 is 1. The monoisotopic (exact) mass is 643 g/mol. The molecule has 2 amide bonds. The zero-order chi connectivity index (χ0) is 33.5. The van der Waals surface area contributed by atoms with Gasteiger partial charge in [-0.2, -0.15) is 0 Å². The lowest BCUT2D eigenvalue weighted by Crippen LogP contribution is -2.43. The number of ketones is 1. The van der Waals surface area contributed by atoms with Gasteiger partial charge in [0, 0.05) is 48.8 Å². The van der Waals surface area contributed by atoms with E-state index in [0.29, 0.717) is 49.5 Å². The van der Waals surface area contributed by atoms with E-state index in [2.05, 4.69) is 10.2 Å². The first-order valence-electron chi connectivity index (χ1n) is 15.2. The Hall–Kier alpha value is -5.36. The zero-order valence-electron chi connectivity index (χ0n) is 26.0. The van der Waals surface area contributed by atoms with Crippen LogP contribution in [0.3, 0.4) is 0 Å². The van der Waals surface area contributed by atoms with E-state index < -0.39 is 23.7 Å². The molecule has 0 atom stereocenters. The molecule has 1 saturated heterocycles. The molecule has 5 rings (SSSR count). The number of benzene rings is 3. The van der Waals surface area contributed by atoms with Gasteiger partial charge in [-0.25, -0.2) is 14.0 Å². The van der Waals surface area contributed by atoms with E-state index in [1.54, 1.807) is 31.2 Å². The molecule has 11 nitrogen and oxygen atoms in total. The maximum absolute atomic E-state index is 14.3. The Balaban J connectivity index is 1.40. The van der Waals surface area contributed by atoms with E-state index in [1.807, 2.05) is 0 Å². The summed E-state index contributed by atoms with van der Waals surface area (Å²) in [5.74, 6) is -3.28. The third-order valence-corrected chi connectivity index (χ3v) is 8.05. The van der Waals surface area contributed by atoms with Gasteiger partial charge in [0.1, 0.15) is 11.6 Å². The number of halogens is 1. The second-order valence-corrected chi connectivity index (χ2v) is 11.0. The minimum atomic E-state index is -0.898. The zero-order valence-corrected chi connectivity index (χ0v) is 26.0. The highest BCUT2D eigenvalue weighted by Crippen LogP contribution is 2.41. The number of esters is 2. The van der Waals surface area contributed by atoms with Gasteiger partial charge in [0.05, 0.1) is 18.4 Å². The summed E-state index contributed by atoms with van der Waals surface area (Å²) in [5, 5.41) is 2.62. The van der Waals surface area contributed by atoms with Crippen molar-refractivity contribution in [3.05, 3.63) is 89.8 Å². The van der Waals surface area contributed by atoms with Crippen LogP contribution in [-0.2, 0) is 14.4 Å². The first kappa shape index (κ1) is 33.0. The number of hydrogen-bond acceptors (Lipinski definition) is 9. The topological polar surface area (TPSA) is 132 Å². The molecule has 244 valence electrons. The van der Waals surface area contributed by atoms with Crippen LogP contribution in [-0.4, -0.2) is 67.7 Å². The number of nitrogens with zero attached hydrogens (tertiary/aromatic N) is 2. The Bertz CT molecular complexity index is 1700. The molecular formula is C35H34FN3O8. The number of amides is 2. The lowest BCUT2D eigenvalue weighted by molar-refractivity contribution is -0.133. The number of ether oxygens (including phenoxy) is 3. The van der Waals surface area contributed by atoms with Crippen LogP contribution in [0.25, 0.3) is 0 Å². The highest BCUT2D eigenvalue weighted by atomic mass is 19.1. The molecule has 0 aliphatic carbocycles. The van der Waals surface area contributed by atoms with E-state index >= 15 is 0 Å². The highest BCUT2D eigenvalue weighted by molar-refractivity contribution is 6.11. The fourth-order valence-corrected chi connectivity index (χ4v) is 5.44. The summed E-state index contributed by atoms with van der Waals surface area (Å²) >= 11 is 0. The maximum atomic E-state index is 14.3. The first-order valence-corrected chi connectivity index (χ1v) is 15.2. The van der Waals surface area contributed by atoms with Crippen molar-refractivity contribution in [2.24, 2.45) is 5.92 Å². The van der Waals surface area contributed by atoms with Gasteiger partial charge in [-0.05, 0) is 86.6 Å². The predicted molar refractivity (Wildman–Crippen MR) is 170 cm³/mol. The third-order valence-electron chi connectivity index (χ3n) is 8.05. The molecule has 3 aromatic rings. The van der Waals surface area contributed by atoms with E-state index in [0.717, 1.165) is 12.2 Å². The molecule has 12 heteroatoms. The van der Waals surface area contributed by atoms with Crippen LogP contribution >= 0.6 is 0 Å². The fraction of sp³-hybridized carbons (Fsp3) is 0.286. The Labute approximate surface area is 270 Å². The number of likely N-dealkylation sites (tertiary alicyclic amines) is 1. The highest BCUT2D eigenvalue weighted by Gasteiger charge is 2.31. The average Bonchev–Trinajstić information content (AvgIpc) is 3.08. The SMILES string of the molecule is CCC(=O)Nc1ccc(C(=O)N(CCN2CCC(C(=O)c3ccc(F)cc3)CC2)c2ccc(OC)cc2)c2c1OC(=O)/C=C/C(=O)O2. The fourth-order valence-electron chi connectivity index (χ4n) is 5.44. The normalized spacial score (nSPS) is 15.7. The van der Waals surface area contributed by atoms with E-state index in [-0.39, 0.29) is 53.3 Å². The lowest BCUT2D eigenvalue weighted by Gasteiger charge is -2.33. The van der Waals surface area contributed by atoms with Crippen molar-refractivity contribution in [2.75, 3.05) is 43.5 Å². The summed E-state index contributed by atoms with van der Waals surface area (Å²) in [7, 11) is 1.53. The first-order chi connectivity index (χ1) is 22.7. The number of carbonyl (C=O) groups excluding carboxylic acids is 5. The molecule has 0 unspecified atom stereocenters. The molecule has 2 aliphatic rings. The van der Waals surface area contributed by atoms with Crippen molar-refractivity contribution in [3.8, 4) is 17.2 Å². The van der Waals surface area contributed by atoms with Crippen LogP contribution in [0.2, 0.25) is 0 Å². The molecule has 0 saturated carbocycles. The van der Waals surface area contributed by atoms with Gasteiger partial charge in [-0.3, -0.25) is 14.4 Å². The molecule has 0 radical (unpaired) electrons. The summed E-state index contributed by atoms with van der Waals surface area (Å²) in [6, 6.07) is 15.3. The van der Waals surface area contributed by atoms with Gasteiger partial charge >= 0.3 is 11.9 Å². The Kier molecular flexibility index (Phi) is 10.4. The second kappa shape index (κ2) is 14.8. The standard InChI is InChI=1S/C35H34FN3O8/c1-3-29(40)37-28-13-12-27(33-34(28)47-31(42)15-14-30(41)46-33)35(44)39(25-8-10-26(45-2)11-9-25)21-20-38-18-16-23(17-19-38)32(43)22-4-6-24(36)7-5-22/h4-15,23H,3,16-21H2,1-2H3,(H,37,40)/b15-14+. The van der Waals surface area contributed by atoms with Crippen molar-refractivity contribution in [1.29, 1.82) is 0 Å². The summed E-state index contributed by atoms with van der Waals surface area (Å²) < 4.78 is 29.6. The van der Waals surface area contributed by atoms with E-state index in [1.165, 1.54) is 48.4 Å². The second-order valence-electron chi connectivity index (χ2n) is 11.0. The van der Waals surface area contributed by atoms with Crippen molar-refractivity contribution < 1.29 is 42.6 Å². The Morgan fingerprint density at radius 1 is 0.915 bits per heavy atom. The maximum Gasteiger partial charge on any atom is 0.336 e. The van der Waals surface area contributed by atoms with Crippen molar-refractivity contribution in [3.63, 3.8) is 0 Å². The molecule has 2 aliphatic heterocycles. The number of piperidine rings is 1. The molecule has 47 heavy (non-hydrogen) atoms. The number of hydrogen-bond donors (Lipinski definition) is 1. The summed E-state index contributed by atoms with van der Waals surface area (Å²) in [5.41, 5.74) is 1.01. The minimum Gasteiger partial charge on any atom is -0.497 e. The van der Waals surface area contributed by atoms with Crippen LogP contribution in [0.1, 0.15) is 46.9 Å². The van der Waals surface area contributed by atoms with E-state index in [9.17, 15) is 28.4 Å². The number of anilines is 2. The third kappa shape index (κ3) is 7.90. The summed E-state index contributed by atoms with van der Waals surface area (Å²) in [6.45, 7) is 3.55. The number of carbonyl (C=O) groups is 5. The molecule has 0 aromatic heterocycles. The summed E-state index contributed by atoms with van der Waals surface area (Å²) in [4.78, 5) is 68.1. The molecule has 0 bridgehead atoms. The minimum absolute atomic E-state index is 0.0140. The predicted octanol–water partition coefficient (Wildman–Crippen LogP) is 4.81. The quantitative estimate of drug-likeness (QED) is 0.188. The lowest BCUT2D eigenvalue weighted by atomic mass is 9.89. The Morgan fingerprint density at radius 2 is 1.55 bits per heavy atom. The van der Waals surface area contributed by atoms with Gasteiger partial charge in [0.15, 0.2) is 17.3 Å². The molecule has 3 aromatic carbocycles. The van der Waals surface area contributed by atoms with Crippen molar-refractivity contribution >= 4 is 40.9 Å². The van der Waals surface area contributed by atoms with Crippen LogP contribution < -0.4 is 24.4 Å². The van der Waals surface area contributed by atoms with Crippen LogP contribution in [0.5, 0.6) is 17.2 Å². The van der Waals surface area contributed by atoms with Crippen molar-refractivity contribution in [1.82, 2.24) is 4.90 Å². The van der Waals surface area contributed by atoms with Crippen LogP contribution in [0, 0.1) is 11.7 Å². The van der Waals surface area contributed by atoms with E-state index in [4.69, 9.17) is 14.2 Å². The van der Waals surface area contributed by atoms with Crippen LogP contribution in [0.4, 0.5) is 15.8 Å². The molecule has 1 N–H and O–H groups in total. The number of Topliss-reactive ketones (excluding diaryl/α,β-unsaturated/α-hetero) is 1. The molecule has 2 heterocycles. The summed E-state index contributed by atoms with van der Waals surface area (Å²) in [6.07, 6.45) is 3.14. The molecular weight excluding hydrogens is 609 g/mol. The van der Waals surface area contributed by atoms with Gasteiger partial charge in [-0.15, -0.1) is 0 Å². The molecule has 1 fully saturated rings. The van der Waals surface area contributed by atoms with Crippen LogP contribution in [0.15, 0.2) is 72.8 Å². The smallest absolute Gasteiger partial charge is 0.336 e. The van der Waals surface area contributed by atoms with Crippen molar-refractivity contribution in [2.45, 2.75) is 26.2 Å². The van der Waals surface area contributed by atoms with Gasteiger partial charge in [0.2, 0.25) is 5.91 Å².